The van der Waals surface area contributed by atoms with Crippen molar-refractivity contribution < 1.29 is 9.47 Å². The maximum absolute atomic E-state index is 6.85. The Hall–Kier alpha value is -7.59. The third kappa shape index (κ3) is 5.55. The van der Waals surface area contributed by atoms with Gasteiger partial charge in [-0.05, 0) is 72.8 Å². The average Bonchev–Trinajstić information content (AvgIpc) is 3.73. The number of nitrogens with zero attached hydrogens (tertiary/aromatic N) is 8. The van der Waals surface area contributed by atoms with Crippen molar-refractivity contribution in [2.45, 2.75) is 0 Å². The number of fused-ring (bicyclic) bond motifs is 6. The topological polar surface area (TPSA) is 96.0 Å². The molecule has 10 aromatic rings. The number of hydrogen-bond donors (Lipinski definition) is 0. The Morgan fingerprint density at radius 2 is 0.945 bits per heavy atom. The maximum atomic E-state index is 6.85. The molecule has 0 aliphatic carbocycles. The Labute approximate surface area is 315 Å². The highest BCUT2D eigenvalue weighted by Crippen LogP contribution is 2.46. The van der Waals surface area contributed by atoms with Crippen LogP contribution in [-0.4, -0.2) is 48.1 Å². The second kappa shape index (κ2) is 13.1. The Kier molecular flexibility index (Phi) is 7.65. The van der Waals surface area contributed by atoms with E-state index in [1.807, 2.05) is 104 Å². The first-order valence-corrected chi connectivity index (χ1v) is 17.8. The largest absolute Gasteiger partial charge is 0.455 e. The second-order valence-corrected chi connectivity index (χ2v) is 13.3. The van der Waals surface area contributed by atoms with Crippen LogP contribution in [0, 0.1) is 0 Å². The van der Waals surface area contributed by atoms with E-state index in [1.54, 1.807) is 0 Å². The van der Waals surface area contributed by atoms with Gasteiger partial charge in [0.05, 0.1) is 22.1 Å². The Balaban J connectivity index is 1.13. The van der Waals surface area contributed by atoms with Gasteiger partial charge in [0.2, 0.25) is 0 Å². The molecule has 0 unspecified atom stereocenters. The highest BCUT2D eigenvalue weighted by atomic mass is 16.5. The molecule has 5 aromatic heterocycles. The average molecular weight is 717 g/mol. The van der Waals surface area contributed by atoms with Gasteiger partial charge in [0.15, 0.2) is 17.3 Å². The molecule has 5 aromatic carbocycles. The van der Waals surface area contributed by atoms with Gasteiger partial charge in [-0.25, -0.2) is 24.9 Å². The molecule has 55 heavy (non-hydrogen) atoms. The molecule has 0 N–H and O–H groups in total. The molecule has 0 aliphatic rings. The zero-order chi connectivity index (χ0) is 36.9. The highest BCUT2D eigenvalue weighted by molar-refractivity contribution is 6.10. The van der Waals surface area contributed by atoms with Crippen molar-refractivity contribution in [3.8, 4) is 46.0 Å². The molecule has 5 heterocycles. The number of anilines is 1. The first kappa shape index (κ1) is 32.1. The van der Waals surface area contributed by atoms with E-state index in [9.17, 15) is 0 Å². The molecule has 0 amide bonds. The van der Waals surface area contributed by atoms with Gasteiger partial charge in [0, 0.05) is 65.7 Å². The minimum Gasteiger partial charge on any atom is -0.455 e. The maximum Gasteiger partial charge on any atom is 0.162 e. The van der Waals surface area contributed by atoms with Crippen LogP contribution < -0.4 is 14.4 Å². The van der Waals surface area contributed by atoms with Gasteiger partial charge in [-0.15, -0.1) is 0 Å². The summed E-state index contributed by atoms with van der Waals surface area (Å²) in [6, 6.07) is 44.8. The molecule has 0 atom stereocenters. The van der Waals surface area contributed by atoms with Crippen LogP contribution in [0.3, 0.4) is 0 Å². The highest BCUT2D eigenvalue weighted by Gasteiger charge is 2.22. The predicted molar refractivity (Wildman–Crippen MR) is 217 cm³/mol. The molecule has 0 aliphatic heterocycles. The first-order valence-electron chi connectivity index (χ1n) is 17.8. The molecule has 0 radical (unpaired) electrons. The lowest BCUT2D eigenvalue weighted by Crippen LogP contribution is -2.12. The summed E-state index contributed by atoms with van der Waals surface area (Å²) in [5.74, 6) is 4.58. The van der Waals surface area contributed by atoms with Crippen molar-refractivity contribution in [3.63, 3.8) is 0 Å². The van der Waals surface area contributed by atoms with Crippen LogP contribution in [0.15, 0.2) is 159 Å². The molecule has 0 fully saturated rings. The second-order valence-electron chi connectivity index (χ2n) is 13.3. The molecule has 0 spiro atoms. The minimum atomic E-state index is 0.492. The summed E-state index contributed by atoms with van der Waals surface area (Å²) in [6.45, 7) is 0. The standard InChI is InChI=1S/C45H32N8O2/c1-51(2)44-40(54-30-17-19-34-32-11-3-5-13-36(32)52(38(34)25-30)42-15-7-9-21-47-42)23-29(45-49-27-46-28-50-45)24-41(44)55-31-18-20-35-33-12-4-6-14-37(33)53(39(35)26-31)43-16-8-10-22-48-43/h3-28H,1-2H3. The molecular formula is C45H32N8O2. The number of para-hydroxylation sites is 2. The SMILES string of the molecule is CN(C)c1c(Oc2ccc3c4ccccc4n(-c4ccccn4)c3c2)cc(-c2ncncn2)cc1Oc1ccc2c3ccccc3n(-c3ccccn3)c2c1. The van der Waals surface area contributed by atoms with E-state index in [4.69, 9.17) is 19.4 Å². The summed E-state index contributed by atoms with van der Waals surface area (Å²) in [7, 11) is 3.95. The van der Waals surface area contributed by atoms with Crippen molar-refractivity contribution in [2.24, 2.45) is 0 Å². The summed E-state index contributed by atoms with van der Waals surface area (Å²) in [6.07, 6.45) is 6.59. The lowest BCUT2D eigenvalue weighted by atomic mass is 10.1. The van der Waals surface area contributed by atoms with Crippen molar-refractivity contribution >= 4 is 49.3 Å². The van der Waals surface area contributed by atoms with E-state index in [1.165, 1.54) is 12.7 Å². The molecule has 0 saturated carbocycles. The van der Waals surface area contributed by atoms with Crippen LogP contribution in [0.25, 0.3) is 66.6 Å². The Morgan fingerprint density at radius 3 is 1.42 bits per heavy atom. The Bertz CT molecular complexity index is 2840. The molecule has 10 heteroatoms. The lowest BCUT2D eigenvalue weighted by Gasteiger charge is -2.23. The number of benzene rings is 5. The fourth-order valence-electron chi connectivity index (χ4n) is 7.44. The van der Waals surface area contributed by atoms with Crippen LogP contribution in [0.1, 0.15) is 0 Å². The van der Waals surface area contributed by atoms with E-state index < -0.39 is 0 Å². The number of hydrogen-bond acceptors (Lipinski definition) is 8. The van der Waals surface area contributed by atoms with Crippen molar-refractivity contribution in [3.05, 3.63) is 159 Å². The third-order valence-electron chi connectivity index (χ3n) is 9.74. The van der Waals surface area contributed by atoms with E-state index in [2.05, 4.69) is 84.7 Å². The number of aromatic nitrogens is 7. The van der Waals surface area contributed by atoms with Crippen LogP contribution in [0.5, 0.6) is 23.0 Å². The molecule has 10 rings (SSSR count). The van der Waals surface area contributed by atoms with Crippen molar-refractivity contribution in [1.82, 2.24) is 34.1 Å². The van der Waals surface area contributed by atoms with E-state index >= 15 is 0 Å². The quantitative estimate of drug-likeness (QED) is 0.153. The molecular weight excluding hydrogens is 685 g/mol. The van der Waals surface area contributed by atoms with Gasteiger partial charge in [0.25, 0.3) is 0 Å². The minimum absolute atomic E-state index is 0.492. The fraction of sp³-hybridized carbons (Fsp3) is 0.0444. The molecule has 264 valence electrons. The normalized spacial score (nSPS) is 11.5. The lowest BCUT2D eigenvalue weighted by molar-refractivity contribution is 0.462. The number of rotatable bonds is 8. The first-order chi connectivity index (χ1) is 27.1. The van der Waals surface area contributed by atoms with E-state index in [0.29, 0.717) is 34.4 Å². The summed E-state index contributed by atoms with van der Waals surface area (Å²) in [5, 5.41) is 4.47. The van der Waals surface area contributed by atoms with Gasteiger partial charge >= 0.3 is 0 Å². The van der Waals surface area contributed by atoms with Gasteiger partial charge in [-0.1, -0.05) is 48.5 Å². The predicted octanol–water partition coefficient (Wildman–Crippen LogP) is 10.2. The zero-order valence-corrected chi connectivity index (χ0v) is 29.9. The van der Waals surface area contributed by atoms with Crippen molar-refractivity contribution in [1.29, 1.82) is 0 Å². The smallest absolute Gasteiger partial charge is 0.162 e. The third-order valence-corrected chi connectivity index (χ3v) is 9.74. The zero-order valence-electron chi connectivity index (χ0n) is 29.9. The Morgan fingerprint density at radius 1 is 0.473 bits per heavy atom. The van der Waals surface area contributed by atoms with Gasteiger partial charge < -0.3 is 14.4 Å². The van der Waals surface area contributed by atoms with Gasteiger partial charge in [-0.3, -0.25) is 9.13 Å². The fourth-order valence-corrected chi connectivity index (χ4v) is 7.44. The molecule has 10 nitrogen and oxygen atoms in total. The number of pyridine rings is 2. The van der Waals surface area contributed by atoms with E-state index in [-0.39, 0.29) is 0 Å². The van der Waals surface area contributed by atoms with Crippen LogP contribution >= 0.6 is 0 Å². The van der Waals surface area contributed by atoms with Crippen LogP contribution in [0.2, 0.25) is 0 Å². The van der Waals surface area contributed by atoms with Crippen LogP contribution in [-0.2, 0) is 0 Å². The van der Waals surface area contributed by atoms with E-state index in [0.717, 1.165) is 60.9 Å². The number of ether oxygens (including phenoxy) is 2. The van der Waals surface area contributed by atoms with Crippen LogP contribution in [0.4, 0.5) is 5.69 Å². The summed E-state index contributed by atoms with van der Waals surface area (Å²) < 4.78 is 18.0. The molecule has 0 bridgehead atoms. The summed E-state index contributed by atoms with van der Waals surface area (Å²) in [5.41, 5.74) is 5.54. The van der Waals surface area contributed by atoms with Crippen molar-refractivity contribution in [2.75, 3.05) is 19.0 Å². The summed E-state index contributed by atoms with van der Waals surface area (Å²) in [4.78, 5) is 24.4. The van der Waals surface area contributed by atoms with Gasteiger partial charge in [0.1, 0.15) is 41.5 Å². The monoisotopic (exact) mass is 716 g/mol. The van der Waals surface area contributed by atoms with Gasteiger partial charge in [-0.2, -0.15) is 0 Å². The molecule has 0 saturated heterocycles. The summed E-state index contributed by atoms with van der Waals surface area (Å²) >= 11 is 0.